The van der Waals surface area contributed by atoms with E-state index < -0.39 is 17.5 Å². The highest BCUT2D eigenvalue weighted by molar-refractivity contribution is 5.76. The van der Waals surface area contributed by atoms with E-state index in [1.807, 2.05) is 0 Å². The van der Waals surface area contributed by atoms with Gasteiger partial charge in [0.05, 0.1) is 25.2 Å². The van der Waals surface area contributed by atoms with Crippen molar-refractivity contribution >= 4 is 18.2 Å². The Bertz CT molecular complexity index is 1330. The van der Waals surface area contributed by atoms with E-state index in [0.717, 1.165) is 83.7 Å². The fourth-order valence-corrected chi connectivity index (χ4v) is 13.8. The molecule has 0 radical (unpaired) electrons. The van der Waals surface area contributed by atoms with Gasteiger partial charge < -0.3 is 29.4 Å². The second-order valence-corrected chi connectivity index (χ2v) is 19.4. The number of morpholine rings is 1. The number of ether oxygens (including phenoxy) is 4. The third kappa shape index (κ3) is 6.28. The zero-order valence-corrected chi connectivity index (χ0v) is 32.3. The Balaban J connectivity index is 1.05. The predicted octanol–water partition coefficient (Wildman–Crippen LogP) is 7.53. The molecule has 0 spiro atoms. The maximum absolute atomic E-state index is 13.3. The van der Waals surface area contributed by atoms with Gasteiger partial charge in [-0.15, -0.1) is 0 Å². The van der Waals surface area contributed by atoms with Crippen molar-refractivity contribution in [2.75, 3.05) is 46.1 Å². The lowest BCUT2D eigenvalue weighted by atomic mass is 9.32. The standard InChI is InChI=1S/C41H66N2O8/c1-26(25-50-36(47)49-24-21-43-19-22-48-23-20-43)28-11-16-41(34(44)45)18-17-39(5)29(33(28)41)9-10-31-38(4)14-13-32(51-35(46)42-27-7-8-27)37(2,3)30(38)12-15-40(31,39)6/h26-33H,7-25H2,1-6H3,(H,42,46)(H,44,45)/t26?,28-,29?,30?,31?,32+,33?,38-,39+,40+,41-/m0/s1. The molecule has 0 aromatic heterocycles. The third-order valence-corrected chi connectivity index (χ3v) is 16.9. The Morgan fingerprint density at radius 2 is 1.59 bits per heavy atom. The van der Waals surface area contributed by atoms with Crippen LogP contribution in [-0.2, 0) is 23.7 Å². The maximum Gasteiger partial charge on any atom is 0.508 e. The number of nitrogens with zero attached hydrogens (tertiary/aromatic N) is 1. The summed E-state index contributed by atoms with van der Waals surface area (Å²) in [4.78, 5) is 40.9. The number of rotatable bonds is 9. The molecule has 0 aromatic rings. The number of nitrogens with one attached hydrogen (secondary N) is 1. The first-order chi connectivity index (χ1) is 24.2. The van der Waals surface area contributed by atoms with Gasteiger partial charge in [-0.2, -0.15) is 0 Å². The number of hydrogen-bond donors (Lipinski definition) is 2. The molecule has 6 aliphatic carbocycles. The third-order valence-electron chi connectivity index (χ3n) is 16.9. The summed E-state index contributed by atoms with van der Waals surface area (Å²) in [6.45, 7) is 18.8. The molecule has 1 heterocycles. The molecule has 1 amide bonds. The van der Waals surface area contributed by atoms with Crippen LogP contribution in [0.5, 0.6) is 0 Å². The molecule has 0 bridgehead atoms. The van der Waals surface area contributed by atoms with Crippen molar-refractivity contribution < 1.29 is 38.4 Å². The van der Waals surface area contributed by atoms with Gasteiger partial charge in [0.1, 0.15) is 12.7 Å². The van der Waals surface area contributed by atoms with Crippen molar-refractivity contribution in [2.24, 2.45) is 62.6 Å². The number of alkyl carbamates (subject to hydrolysis) is 1. The molecule has 7 fully saturated rings. The highest BCUT2D eigenvalue weighted by Crippen LogP contribution is 2.77. The van der Waals surface area contributed by atoms with E-state index >= 15 is 0 Å². The zero-order valence-electron chi connectivity index (χ0n) is 32.3. The van der Waals surface area contributed by atoms with Crippen LogP contribution >= 0.6 is 0 Å². The fraction of sp³-hybridized carbons (Fsp3) is 0.927. The molecule has 288 valence electrons. The van der Waals surface area contributed by atoms with Crippen LogP contribution in [0.1, 0.15) is 119 Å². The van der Waals surface area contributed by atoms with E-state index in [0.29, 0.717) is 56.6 Å². The first-order valence-corrected chi connectivity index (χ1v) is 20.5. The summed E-state index contributed by atoms with van der Waals surface area (Å²) in [6, 6.07) is 0.290. The van der Waals surface area contributed by atoms with Gasteiger partial charge in [0.25, 0.3) is 0 Å². The summed E-state index contributed by atoms with van der Waals surface area (Å²) in [7, 11) is 0. The summed E-state index contributed by atoms with van der Waals surface area (Å²) in [5.74, 6) is 1.00. The van der Waals surface area contributed by atoms with Crippen LogP contribution in [0, 0.1) is 62.6 Å². The van der Waals surface area contributed by atoms with Gasteiger partial charge in [-0.05, 0) is 129 Å². The quantitative estimate of drug-likeness (QED) is 0.233. The highest BCUT2D eigenvalue weighted by atomic mass is 16.7. The minimum absolute atomic E-state index is 0.0245. The molecule has 7 aliphatic rings. The molecule has 0 aromatic carbocycles. The molecule has 7 rings (SSSR count). The first kappa shape index (κ1) is 37.3. The molecular weight excluding hydrogens is 648 g/mol. The van der Waals surface area contributed by atoms with Crippen molar-refractivity contribution in [3.05, 3.63) is 0 Å². The van der Waals surface area contributed by atoms with E-state index in [4.69, 9.17) is 18.9 Å². The van der Waals surface area contributed by atoms with Crippen molar-refractivity contribution in [1.29, 1.82) is 0 Å². The van der Waals surface area contributed by atoms with Gasteiger partial charge in [0.15, 0.2) is 0 Å². The molecular formula is C41H66N2O8. The number of amides is 1. The van der Waals surface area contributed by atoms with Gasteiger partial charge in [0, 0.05) is 31.1 Å². The van der Waals surface area contributed by atoms with Crippen LogP contribution in [0.25, 0.3) is 0 Å². The summed E-state index contributed by atoms with van der Waals surface area (Å²) >= 11 is 0. The van der Waals surface area contributed by atoms with Gasteiger partial charge >= 0.3 is 18.2 Å². The maximum atomic E-state index is 13.3. The van der Waals surface area contributed by atoms with Crippen LogP contribution in [0.3, 0.4) is 0 Å². The Kier molecular flexibility index (Phi) is 9.97. The summed E-state index contributed by atoms with van der Waals surface area (Å²) in [5.41, 5.74) is -0.567. The smallest absolute Gasteiger partial charge is 0.481 e. The molecule has 51 heavy (non-hydrogen) atoms. The van der Waals surface area contributed by atoms with Gasteiger partial charge in [-0.25, -0.2) is 9.59 Å². The summed E-state index contributed by atoms with van der Waals surface area (Å²) in [6.07, 6.45) is 10.8. The minimum atomic E-state index is -0.704. The van der Waals surface area contributed by atoms with Gasteiger partial charge in [-0.3, -0.25) is 9.69 Å². The van der Waals surface area contributed by atoms with Crippen LogP contribution in [0.2, 0.25) is 0 Å². The number of carbonyl (C=O) groups excluding carboxylic acids is 2. The second-order valence-electron chi connectivity index (χ2n) is 19.4. The van der Waals surface area contributed by atoms with Crippen LogP contribution in [0.15, 0.2) is 0 Å². The van der Waals surface area contributed by atoms with E-state index in [2.05, 4.69) is 51.8 Å². The monoisotopic (exact) mass is 714 g/mol. The molecule has 2 N–H and O–H groups in total. The number of hydrogen-bond acceptors (Lipinski definition) is 8. The number of aliphatic carboxylic acids is 1. The highest BCUT2D eigenvalue weighted by Gasteiger charge is 2.72. The van der Waals surface area contributed by atoms with Crippen LogP contribution in [-0.4, -0.2) is 86.4 Å². The summed E-state index contributed by atoms with van der Waals surface area (Å²) in [5, 5.41) is 14.0. The normalized spacial score (nSPS) is 43.7. The number of carbonyl (C=O) groups is 3. The predicted molar refractivity (Wildman–Crippen MR) is 192 cm³/mol. The molecule has 10 nitrogen and oxygen atoms in total. The topological polar surface area (TPSA) is 124 Å². The molecule has 6 saturated carbocycles. The molecule has 1 saturated heterocycles. The number of fused-ring (bicyclic) bond motifs is 7. The van der Waals surface area contributed by atoms with Crippen molar-refractivity contribution in [2.45, 2.75) is 131 Å². The molecule has 10 heteroatoms. The van der Waals surface area contributed by atoms with E-state index in [1.165, 1.54) is 0 Å². The molecule has 11 atom stereocenters. The first-order valence-electron chi connectivity index (χ1n) is 20.5. The van der Waals surface area contributed by atoms with Crippen LogP contribution in [0.4, 0.5) is 9.59 Å². The average Bonchev–Trinajstić information content (AvgIpc) is 3.81. The Labute approximate surface area is 305 Å². The minimum Gasteiger partial charge on any atom is -0.481 e. The summed E-state index contributed by atoms with van der Waals surface area (Å²) < 4.78 is 22.7. The number of carboxylic acid groups (broad SMARTS) is 1. The number of carboxylic acids is 1. The van der Waals surface area contributed by atoms with Crippen molar-refractivity contribution in [1.82, 2.24) is 10.2 Å². The van der Waals surface area contributed by atoms with Crippen LogP contribution < -0.4 is 5.32 Å². The lowest BCUT2D eigenvalue weighted by molar-refractivity contribution is -0.249. The fourth-order valence-electron chi connectivity index (χ4n) is 13.8. The molecule has 5 unspecified atom stereocenters. The SMILES string of the molecule is CC(COC(=O)OCCN1CCOCC1)[C@@H]1CC[C@]2(C(=O)O)CC[C@]3(C)C(CCC4[C@@]5(C)CC[C@@H](OC(=O)NC6CC6)C(C)(C)C5CC[C@]43C)C12. The largest absolute Gasteiger partial charge is 0.508 e. The Hall–Kier alpha value is -2.07. The van der Waals surface area contributed by atoms with Crippen molar-refractivity contribution in [3.8, 4) is 0 Å². The van der Waals surface area contributed by atoms with E-state index in [9.17, 15) is 19.5 Å². The average molecular weight is 715 g/mol. The second kappa shape index (κ2) is 13.7. The Morgan fingerprint density at radius 1 is 0.843 bits per heavy atom. The van der Waals surface area contributed by atoms with E-state index in [1.54, 1.807) is 0 Å². The van der Waals surface area contributed by atoms with Crippen molar-refractivity contribution in [3.63, 3.8) is 0 Å². The van der Waals surface area contributed by atoms with Gasteiger partial charge in [0.2, 0.25) is 0 Å². The van der Waals surface area contributed by atoms with Gasteiger partial charge in [-0.1, -0.05) is 41.5 Å². The molecule has 1 aliphatic heterocycles. The lowest BCUT2D eigenvalue weighted by Crippen LogP contribution is -2.67. The lowest BCUT2D eigenvalue weighted by Gasteiger charge is -2.72. The zero-order chi connectivity index (χ0) is 36.4. The van der Waals surface area contributed by atoms with E-state index in [-0.39, 0.29) is 58.2 Å². The Morgan fingerprint density at radius 3 is 2.29 bits per heavy atom.